The summed E-state index contributed by atoms with van der Waals surface area (Å²) < 4.78 is 46.5. The van der Waals surface area contributed by atoms with Crippen LogP contribution in [0.15, 0.2) is 42.7 Å². The zero-order valence-electron chi connectivity index (χ0n) is 18.0. The van der Waals surface area contributed by atoms with Crippen LogP contribution in [0.2, 0.25) is 0 Å². The van der Waals surface area contributed by atoms with E-state index >= 15 is 0 Å². The van der Waals surface area contributed by atoms with Gasteiger partial charge in [-0.05, 0) is 55.2 Å². The molecule has 9 heteroatoms. The van der Waals surface area contributed by atoms with Crippen LogP contribution in [0.5, 0.6) is 5.75 Å². The summed E-state index contributed by atoms with van der Waals surface area (Å²) in [7, 11) is 1.30. The highest BCUT2D eigenvalue weighted by molar-refractivity contribution is 6.04. The van der Waals surface area contributed by atoms with Gasteiger partial charge in [0.25, 0.3) is 0 Å². The van der Waals surface area contributed by atoms with Crippen molar-refractivity contribution >= 4 is 17.5 Å². The molecule has 0 aliphatic heterocycles. The number of carbonyl (C=O) groups is 2. The van der Waals surface area contributed by atoms with E-state index in [1.54, 1.807) is 13.0 Å². The number of nitrogens with zero attached hydrogens (tertiary/aromatic N) is 2. The first-order chi connectivity index (χ1) is 15.2. The van der Waals surface area contributed by atoms with Crippen LogP contribution >= 0.6 is 0 Å². The van der Waals surface area contributed by atoms with Gasteiger partial charge in [-0.1, -0.05) is 25.3 Å². The van der Waals surface area contributed by atoms with E-state index in [4.69, 9.17) is 4.74 Å². The van der Waals surface area contributed by atoms with Crippen molar-refractivity contribution in [1.29, 1.82) is 0 Å². The Morgan fingerprint density at radius 1 is 1.12 bits per heavy atom. The molecule has 1 aromatic carbocycles. The van der Waals surface area contributed by atoms with Crippen molar-refractivity contribution in [2.45, 2.75) is 57.3 Å². The van der Waals surface area contributed by atoms with Gasteiger partial charge in [0.05, 0.1) is 12.8 Å². The number of pyridine rings is 1. The van der Waals surface area contributed by atoms with Gasteiger partial charge in [0, 0.05) is 18.4 Å². The molecule has 1 aliphatic rings. The number of rotatable bonds is 6. The number of hydrogen-bond acceptors (Lipinski definition) is 4. The highest BCUT2D eigenvalue weighted by atomic mass is 19.4. The van der Waals surface area contributed by atoms with Crippen LogP contribution in [-0.4, -0.2) is 36.1 Å². The van der Waals surface area contributed by atoms with Gasteiger partial charge in [-0.25, -0.2) is 0 Å². The van der Waals surface area contributed by atoms with Gasteiger partial charge in [0.2, 0.25) is 5.91 Å². The smallest absolute Gasteiger partial charge is 0.471 e. The summed E-state index contributed by atoms with van der Waals surface area (Å²) in [6.45, 7) is 1.68. The van der Waals surface area contributed by atoms with Crippen LogP contribution in [0.4, 0.5) is 18.9 Å². The Morgan fingerprint density at radius 3 is 2.38 bits per heavy atom. The Kier molecular flexibility index (Phi) is 7.37. The number of hydrogen-bond donors (Lipinski definition) is 1. The fourth-order valence-electron chi connectivity index (χ4n) is 3.98. The second-order valence-corrected chi connectivity index (χ2v) is 7.87. The Morgan fingerprint density at radius 2 is 1.78 bits per heavy atom. The molecule has 1 fully saturated rings. The molecule has 1 aromatic heterocycles. The Labute approximate surface area is 184 Å². The van der Waals surface area contributed by atoms with Gasteiger partial charge >= 0.3 is 12.1 Å². The molecule has 0 radical (unpaired) electrons. The highest BCUT2D eigenvalue weighted by Gasteiger charge is 2.48. The molecule has 1 saturated carbocycles. The van der Waals surface area contributed by atoms with E-state index in [0.29, 0.717) is 10.5 Å². The van der Waals surface area contributed by atoms with Crippen LogP contribution < -0.4 is 15.0 Å². The summed E-state index contributed by atoms with van der Waals surface area (Å²) in [5.74, 6) is -2.77. The van der Waals surface area contributed by atoms with E-state index in [9.17, 15) is 22.8 Å². The van der Waals surface area contributed by atoms with Gasteiger partial charge in [-0.2, -0.15) is 13.2 Å². The number of benzene rings is 1. The number of aromatic nitrogens is 1. The largest absolute Gasteiger partial charge is 0.495 e. The van der Waals surface area contributed by atoms with Gasteiger partial charge in [0.1, 0.15) is 11.8 Å². The topological polar surface area (TPSA) is 71.5 Å². The number of alkyl halides is 3. The minimum absolute atomic E-state index is 0.0534. The first kappa shape index (κ1) is 23.6. The van der Waals surface area contributed by atoms with Crippen molar-refractivity contribution in [2.75, 3.05) is 12.0 Å². The summed E-state index contributed by atoms with van der Waals surface area (Å²) >= 11 is 0. The molecule has 0 bridgehead atoms. The van der Waals surface area contributed by atoms with Crippen molar-refractivity contribution < 1.29 is 27.5 Å². The van der Waals surface area contributed by atoms with Crippen molar-refractivity contribution in [3.63, 3.8) is 0 Å². The third-order valence-electron chi connectivity index (χ3n) is 5.54. The molecule has 2 amide bonds. The molecule has 1 heterocycles. The van der Waals surface area contributed by atoms with E-state index in [1.807, 2.05) is 0 Å². The monoisotopic (exact) mass is 449 g/mol. The summed E-state index contributed by atoms with van der Waals surface area (Å²) in [4.78, 5) is 30.5. The fourth-order valence-corrected chi connectivity index (χ4v) is 3.98. The molecule has 172 valence electrons. The average Bonchev–Trinajstić information content (AvgIpc) is 2.77. The van der Waals surface area contributed by atoms with E-state index in [-0.39, 0.29) is 23.0 Å². The average molecular weight is 449 g/mol. The molecule has 0 unspecified atom stereocenters. The van der Waals surface area contributed by atoms with Gasteiger partial charge < -0.3 is 10.1 Å². The number of anilines is 1. The number of carbonyl (C=O) groups excluding carboxylic acids is 2. The molecule has 3 rings (SSSR count). The number of amides is 2. The quantitative estimate of drug-likeness (QED) is 0.706. The molecule has 0 spiro atoms. The van der Waals surface area contributed by atoms with E-state index in [1.165, 1.54) is 43.8 Å². The molecular formula is C23H26F3N3O3. The van der Waals surface area contributed by atoms with Crippen molar-refractivity contribution in [3.8, 4) is 5.75 Å². The third-order valence-corrected chi connectivity index (χ3v) is 5.54. The summed E-state index contributed by atoms with van der Waals surface area (Å²) in [6.07, 6.45) is 1.96. The lowest BCUT2D eigenvalue weighted by molar-refractivity contribution is -0.171. The van der Waals surface area contributed by atoms with Crippen LogP contribution in [0.25, 0.3) is 0 Å². The number of nitrogens with one attached hydrogen (secondary N) is 1. The van der Waals surface area contributed by atoms with E-state index in [0.717, 1.165) is 32.1 Å². The number of halogens is 3. The number of ether oxygens (including phenoxy) is 1. The standard InChI is InChI=1S/C23H26F3N3O3/c1-15-8-9-19(32-2)18(14-15)29(22(31)23(24,25)26)20(16-10-12-27-13-11-16)21(30)28-17-6-4-3-5-7-17/h8-14,17,20H,3-7H2,1-2H3,(H,28,30)/t20-/m1/s1. The zero-order chi connectivity index (χ0) is 23.3. The molecule has 1 atom stereocenters. The normalized spacial score (nSPS) is 15.7. The van der Waals surface area contributed by atoms with Crippen molar-refractivity contribution in [1.82, 2.24) is 10.3 Å². The molecular weight excluding hydrogens is 423 g/mol. The Balaban J connectivity index is 2.14. The van der Waals surface area contributed by atoms with Gasteiger partial charge in [0.15, 0.2) is 0 Å². The van der Waals surface area contributed by atoms with Gasteiger partial charge in [-0.15, -0.1) is 0 Å². The SMILES string of the molecule is COc1ccc(C)cc1N(C(=O)C(F)(F)F)[C@@H](C(=O)NC1CCCCC1)c1ccncc1. The second-order valence-electron chi connectivity index (χ2n) is 7.87. The van der Waals surface area contributed by atoms with Crippen molar-refractivity contribution in [3.05, 3.63) is 53.9 Å². The predicted octanol–water partition coefficient (Wildman–Crippen LogP) is 4.48. The van der Waals surface area contributed by atoms with Crippen molar-refractivity contribution in [2.24, 2.45) is 0 Å². The minimum atomic E-state index is -5.20. The summed E-state index contributed by atoms with van der Waals surface area (Å²) in [6, 6.07) is 5.71. The highest BCUT2D eigenvalue weighted by Crippen LogP contribution is 2.38. The first-order valence-corrected chi connectivity index (χ1v) is 10.5. The summed E-state index contributed by atoms with van der Waals surface area (Å²) in [5, 5.41) is 2.86. The maximum absolute atomic E-state index is 13.7. The van der Waals surface area contributed by atoms with Crippen LogP contribution in [-0.2, 0) is 9.59 Å². The molecule has 1 N–H and O–H groups in total. The lowest BCUT2D eigenvalue weighted by atomic mass is 9.94. The predicted molar refractivity (Wildman–Crippen MR) is 113 cm³/mol. The fraction of sp³-hybridized carbons (Fsp3) is 0.435. The third kappa shape index (κ3) is 5.38. The Hall–Kier alpha value is -3.10. The number of methoxy groups -OCH3 is 1. The molecule has 2 aromatic rings. The minimum Gasteiger partial charge on any atom is -0.495 e. The van der Waals surface area contributed by atoms with E-state index in [2.05, 4.69) is 10.3 Å². The molecule has 6 nitrogen and oxygen atoms in total. The van der Waals surface area contributed by atoms with Crippen LogP contribution in [0.3, 0.4) is 0 Å². The second kappa shape index (κ2) is 10.0. The van der Waals surface area contributed by atoms with Crippen LogP contribution in [0.1, 0.15) is 49.3 Å². The number of aryl methyl sites for hydroxylation is 1. The maximum atomic E-state index is 13.7. The van der Waals surface area contributed by atoms with Crippen LogP contribution in [0, 0.1) is 6.92 Å². The maximum Gasteiger partial charge on any atom is 0.471 e. The molecule has 0 saturated heterocycles. The first-order valence-electron chi connectivity index (χ1n) is 10.5. The zero-order valence-corrected chi connectivity index (χ0v) is 18.0. The Bertz CT molecular complexity index is 944. The molecule has 1 aliphatic carbocycles. The summed E-state index contributed by atoms with van der Waals surface area (Å²) in [5.41, 5.74) is 0.701. The lowest BCUT2D eigenvalue weighted by Gasteiger charge is -2.34. The van der Waals surface area contributed by atoms with Gasteiger partial charge in [-0.3, -0.25) is 19.5 Å². The van der Waals surface area contributed by atoms with E-state index < -0.39 is 24.0 Å². The lowest BCUT2D eigenvalue weighted by Crippen LogP contribution is -2.50. The molecule has 32 heavy (non-hydrogen) atoms.